The van der Waals surface area contributed by atoms with Crippen LogP contribution in [0.2, 0.25) is 0 Å². The molecule has 0 N–H and O–H groups in total. The molecule has 10 heavy (non-hydrogen) atoms. The van der Waals surface area contributed by atoms with E-state index in [1.54, 1.807) is 0 Å². The Labute approximate surface area is 66.6 Å². The van der Waals surface area contributed by atoms with Crippen LogP contribution in [0.3, 0.4) is 0 Å². The lowest BCUT2D eigenvalue weighted by atomic mass is 10.0. The molecule has 0 aromatic rings. The number of hydrogen-bond donors (Lipinski definition) is 0. The Morgan fingerprint density at radius 1 is 1.40 bits per heavy atom. The third-order valence-corrected chi connectivity index (χ3v) is 2.64. The first-order chi connectivity index (χ1) is 4.63. The summed E-state index contributed by atoms with van der Waals surface area (Å²) in [5.74, 6) is 0. The van der Waals surface area contributed by atoms with Crippen LogP contribution in [-0.2, 0) is 0 Å². The van der Waals surface area contributed by atoms with Gasteiger partial charge in [0.15, 0.2) is 0 Å². The van der Waals surface area contributed by atoms with Gasteiger partial charge in [0.1, 0.15) is 0 Å². The van der Waals surface area contributed by atoms with Gasteiger partial charge in [-0.3, -0.25) is 0 Å². The van der Waals surface area contributed by atoms with Gasteiger partial charge in [-0.2, -0.15) is 0 Å². The van der Waals surface area contributed by atoms with Gasteiger partial charge >= 0.3 is 0 Å². The minimum Gasteiger partial charge on any atom is -0.130 e. The van der Waals surface area contributed by atoms with Crippen LogP contribution in [0.5, 0.6) is 0 Å². The van der Waals surface area contributed by atoms with Crippen molar-refractivity contribution in [3.8, 4) is 0 Å². The van der Waals surface area contributed by atoms with Crippen LogP contribution in [0.25, 0.3) is 0 Å². The molecule has 0 aliphatic carbocycles. The van der Waals surface area contributed by atoms with Gasteiger partial charge in [-0.25, -0.2) is 0 Å². The van der Waals surface area contributed by atoms with E-state index in [4.69, 9.17) is 0 Å². The molecule has 0 nitrogen and oxygen atoms in total. The molecule has 0 aromatic carbocycles. The molecule has 0 heterocycles. The van der Waals surface area contributed by atoms with Gasteiger partial charge in [0.2, 0.25) is 0 Å². The molecule has 0 rings (SSSR count). The molecule has 0 aliphatic rings. The van der Waals surface area contributed by atoms with Crippen molar-refractivity contribution in [2.75, 3.05) is 0 Å². The van der Waals surface area contributed by atoms with E-state index in [0.717, 1.165) is 12.8 Å². The minimum atomic E-state index is 0.521. The Hall–Kier alpha value is -0.0900. The summed E-state index contributed by atoms with van der Waals surface area (Å²) in [5.41, 5.74) is 2.89. The van der Waals surface area contributed by atoms with Crippen LogP contribution >= 0.6 is 9.24 Å². The first-order valence-electron chi connectivity index (χ1n) is 3.76. The third kappa shape index (κ3) is 2.66. The summed E-state index contributed by atoms with van der Waals surface area (Å²) in [5, 5.41) is 0. The Morgan fingerprint density at radius 3 is 2.20 bits per heavy atom. The molecule has 0 bridgehead atoms. The van der Waals surface area contributed by atoms with Crippen molar-refractivity contribution in [3.63, 3.8) is 0 Å². The average molecular weight is 156 g/mol. The smallest absolute Gasteiger partial charge is 0.00205 e. The Kier molecular flexibility index (Phi) is 4.64. The Bertz CT molecular complexity index is 136. The maximum atomic E-state index is 3.98. The van der Waals surface area contributed by atoms with Gasteiger partial charge in [0.25, 0.3) is 0 Å². The average Bonchev–Trinajstić information content (AvgIpc) is 2.00. The van der Waals surface area contributed by atoms with E-state index in [9.17, 15) is 0 Å². The molecule has 0 spiro atoms. The highest BCUT2D eigenvalue weighted by Gasteiger charge is 2.05. The predicted molar refractivity (Wildman–Crippen MR) is 52.4 cm³/mol. The molecule has 0 radical (unpaired) electrons. The second-order valence-corrected chi connectivity index (χ2v) is 3.30. The SMILES string of the molecule is C=C(CC)C(=C)C(P)CC. The summed E-state index contributed by atoms with van der Waals surface area (Å²) in [6.45, 7) is 12.2. The van der Waals surface area contributed by atoms with Gasteiger partial charge in [0, 0.05) is 0 Å². The lowest BCUT2D eigenvalue weighted by Crippen LogP contribution is -2.00. The van der Waals surface area contributed by atoms with Crippen LogP contribution in [0.15, 0.2) is 24.3 Å². The van der Waals surface area contributed by atoms with E-state index in [1.165, 1.54) is 11.1 Å². The largest absolute Gasteiger partial charge is 0.130 e. The quantitative estimate of drug-likeness (QED) is 0.433. The first-order valence-corrected chi connectivity index (χ1v) is 4.42. The fourth-order valence-corrected chi connectivity index (χ4v) is 0.971. The summed E-state index contributed by atoms with van der Waals surface area (Å²) >= 11 is 0. The lowest BCUT2D eigenvalue weighted by Gasteiger charge is -2.12. The highest BCUT2D eigenvalue weighted by Crippen LogP contribution is 2.21. The molecule has 58 valence electrons. The van der Waals surface area contributed by atoms with Crippen molar-refractivity contribution in [3.05, 3.63) is 24.3 Å². The molecule has 0 aliphatic heterocycles. The Balaban J connectivity index is 3.95. The molecular formula is C9H17P. The van der Waals surface area contributed by atoms with Crippen molar-refractivity contribution >= 4 is 9.24 Å². The predicted octanol–water partition coefficient (Wildman–Crippen LogP) is 3.16. The molecule has 0 amide bonds. The van der Waals surface area contributed by atoms with Gasteiger partial charge in [-0.1, -0.05) is 32.6 Å². The second-order valence-electron chi connectivity index (χ2n) is 2.50. The number of rotatable bonds is 4. The van der Waals surface area contributed by atoms with Crippen LogP contribution in [0.1, 0.15) is 26.7 Å². The van der Waals surface area contributed by atoms with E-state index in [1.807, 2.05) is 0 Å². The summed E-state index contributed by atoms with van der Waals surface area (Å²) in [6.07, 6.45) is 2.15. The van der Waals surface area contributed by atoms with Crippen molar-refractivity contribution in [1.29, 1.82) is 0 Å². The van der Waals surface area contributed by atoms with E-state index in [-0.39, 0.29) is 0 Å². The van der Waals surface area contributed by atoms with Crippen LogP contribution in [0, 0.1) is 0 Å². The summed E-state index contributed by atoms with van der Waals surface area (Å²) in [4.78, 5) is 0. The zero-order valence-electron chi connectivity index (χ0n) is 6.98. The zero-order chi connectivity index (χ0) is 8.15. The van der Waals surface area contributed by atoms with E-state index < -0.39 is 0 Å². The van der Waals surface area contributed by atoms with Gasteiger partial charge in [-0.15, -0.1) is 9.24 Å². The minimum absolute atomic E-state index is 0.521. The molecule has 2 unspecified atom stereocenters. The molecule has 0 saturated carbocycles. The number of hydrogen-bond acceptors (Lipinski definition) is 0. The normalized spacial score (nSPS) is 12.7. The fourth-order valence-electron chi connectivity index (χ4n) is 0.736. The van der Waals surface area contributed by atoms with Gasteiger partial charge < -0.3 is 0 Å². The number of allylic oxidation sites excluding steroid dienone is 2. The Morgan fingerprint density at radius 2 is 1.90 bits per heavy atom. The maximum Gasteiger partial charge on any atom is -0.00205 e. The topological polar surface area (TPSA) is 0 Å². The first kappa shape index (κ1) is 9.91. The zero-order valence-corrected chi connectivity index (χ0v) is 8.14. The molecule has 1 heteroatoms. The second kappa shape index (κ2) is 4.68. The standard InChI is InChI=1S/C9H17P/c1-5-7(3)8(4)9(10)6-2/h9H,3-6,10H2,1-2H3. The fraction of sp³-hybridized carbons (Fsp3) is 0.556. The van der Waals surface area contributed by atoms with Crippen molar-refractivity contribution in [2.45, 2.75) is 32.3 Å². The van der Waals surface area contributed by atoms with Crippen molar-refractivity contribution in [1.82, 2.24) is 0 Å². The van der Waals surface area contributed by atoms with E-state index >= 15 is 0 Å². The highest BCUT2D eigenvalue weighted by molar-refractivity contribution is 7.18. The van der Waals surface area contributed by atoms with E-state index in [2.05, 4.69) is 36.2 Å². The van der Waals surface area contributed by atoms with E-state index in [0.29, 0.717) is 5.66 Å². The van der Waals surface area contributed by atoms with Gasteiger partial charge in [-0.05, 0) is 24.1 Å². The summed E-state index contributed by atoms with van der Waals surface area (Å²) < 4.78 is 0. The molecule has 0 aromatic heterocycles. The van der Waals surface area contributed by atoms with Crippen molar-refractivity contribution in [2.24, 2.45) is 0 Å². The van der Waals surface area contributed by atoms with Crippen LogP contribution in [-0.4, -0.2) is 5.66 Å². The molecule has 0 fully saturated rings. The highest BCUT2D eigenvalue weighted by atomic mass is 31.0. The third-order valence-electron chi connectivity index (χ3n) is 1.77. The molecular weight excluding hydrogens is 139 g/mol. The lowest BCUT2D eigenvalue weighted by molar-refractivity contribution is 0.918. The van der Waals surface area contributed by atoms with Crippen molar-refractivity contribution < 1.29 is 0 Å². The molecule has 2 atom stereocenters. The van der Waals surface area contributed by atoms with Crippen LogP contribution < -0.4 is 0 Å². The monoisotopic (exact) mass is 156 g/mol. The summed E-state index contributed by atoms with van der Waals surface area (Å²) in [7, 11) is 2.79. The maximum absolute atomic E-state index is 3.98. The van der Waals surface area contributed by atoms with Gasteiger partial charge in [0.05, 0.1) is 0 Å². The summed E-state index contributed by atoms with van der Waals surface area (Å²) in [6, 6.07) is 0. The van der Waals surface area contributed by atoms with Crippen LogP contribution in [0.4, 0.5) is 0 Å². The molecule has 0 saturated heterocycles.